The number of hydrogen-bond acceptors (Lipinski definition) is 6. The van der Waals surface area contributed by atoms with Crippen molar-refractivity contribution in [3.05, 3.63) is 73.7 Å². The molecule has 130 valence electrons. The van der Waals surface area contributed by atoms with Crippen molar-refractivity contribution in [1.29, 1.82) is 0 Å². The molecule has 26 heavy (non-hydrogen) atoms. The average Bonchev–Trinajstić information content (AvgIpc) is 3.30. The maximum atomic E-state index is 12.2. The molecule has 9 heteroatoms. The second kappa shape index (κ2) is 7.45. The zero-order chi connectivity index (χ0) is 17.9. The topological polar surface area (TPSA) is 75.9 Å². The molecule has 1 N–H and O–H groups in total. The fourth-order valence-electron chi connectivity index (χ4n) is 2.28. The van der Waals surface area contributed by atoms with Crippen molar-refractivity contribution in [2.24, 2.45) is 0 Å². The Morgan fingerprint density at radius 3 is 3.04 bits per heavy atom. The lowest BCUT2D eigenvalue weighted by molar-refractivity contribution is 0.967. The van der Waals surface area contributed by atoms with E-state index in [0.717, 1.165) is 4.88 Å². The van der Waals surface area contributed by atoms with Crippen LogP contribution in [-0.4, -0.2) is 24.6 Å². The second-order valence-corrected chi connectivity index (χ2v) is 7.66. The summed E-state index contributed by atoms with van der Waals surface area (Å²) in [5.74, 6) is 1.18. The summed E-state index contributed by atoms with van der Waals surface area (Å²) in [5, 5.41) is 10.2. The molecular formula is C17H12ClN5OS2. The minimum absolute atomic E-state index is 0.164. The molecule has 0 aliphatic rings. The van der Waals surface area contributed by atoms with E-state index in [1.165, 1.54) is 22.2 Å². The Hall–Kier alpha value is -2.42. The molecule has 0 atom stereocenters. The van der Waals surface area contributed by atoms with Crippen molar-refractivity contribution >= 4 is 52.5 Å². The number of aromatic nitrogens is 5. The molecule has 0 bridgehead atoms. The first-order valence-electron chi connectivity index (χ1n) is 7.62. The van der Waals surface area contributed by atoms with Gasteiger partial charge < -0.3 is 0 Å². The summed E-state index contributed by atoms with van der Waals surface area (Å²) in [6.07, 6.45) is 5.43. The predicted molar refractivity (Wildman–Crippen MR) is 106 cm³/mol. The van der Waals surface area contributed by atoms with Crippen LogP contribution in [0, 0.1) is 0 Å². The van der Waals surface area contributed by atoms with Gasteiger partial charge in [0.25, 0.3) is 5.56 Å². The van der Waals surface area contributed by atoms with E-state index in [1.807, 2.05) is 29.7 Å². The van der Waals surface area contributed by atoms with Crippen molar-refractivity contribution in [3.63, 3.8) is 0 Å². The Morgan fingerprint density at radius 1 is 1.27 bits per heavy atom. The molecule has 0 aromatic carbocycles. The number of thioether (sulfide) groups is 1. The molecule has 4 heterocycles. The number of pyridine rings is 1. The highest BCUT2D eigenvalue weighted by atomic mass is 35.5. The number of fused-ring (bicyclic) bond motifs is 1. The van der Waals surface area contributed by atoms with Gasteiger partial charge in [0.1, 0.15) is 11.5 Å². The molecule has 0 aliphatic carbocycles. The van der Waals surface area contributed by atoms with Crippen molar-refractivity contribution in [2.45, 2.75) is 10.9 Å². The quantitative estimate of drug-likeness (QED) is 0.512. The number of halogens is 1. The van der Waals surface area contributed by atoms with Gasteiger partial charge >= 0.3 is 0 Å². The molecule has 0 aliphatic heterocycles. The number of thiophene rings is 1. The molecule has 0 saturated heterocycles. The highest BCUT2D eigenvalue weighted by Gasteiger charge is 2.07. The van der Waals surface area contributed by atoms with Crippen LogP contribution in [0.3, 0.4) is 0 Å². The lowest BCUT2D eigenvalue weighted by atomic mass is 10.4. The number of nitrogens with zero attached hydrogens (tertiary/aromatic N) is 4. The molecule has 0 radical (unpaired) electrons. The van der Waals surface area contributed by atoms with E-state index >= 15 is 0 Å². The van der Waals surface area contributed by atoms with E-state index in [1.54, 1.807) is 29.7 Å². The largest absolute Gasteiger partial charge is 0.269 e. The number of H-pyrrole nitrogens is 1. The van der Waals surface area contributed by atoms with E-state index in [-0.39, 0.29) is 5.56 Å². The van der Waals surface area contributed by atoms with Gasteiger partial charge in [0.05, 0.1) is 10.7 Å². The molecular weight excluding hydrogens is 390 g/mol. The second-order valence-electron chi connectivity index (χ2n) is 5.30. The van der Waals surface area contributed by atoms with Crippen LogP contribution in [0.4, 0.5) is 0 Å². The molecule has 4 aromatic rings. The number of hydrogen-bond donors (Lipinski definition) is 1. The minimum atomic E-state index is -0.164. The Balaban J connectivity index is 1.47. The Labute approximate surface area is 161 Å². The van der Waals surface area contributed by atoms with Crippen LogP contribution in [0.2, 0.25) is 5.02 Å². The summed E-state index contributed by atoms with van der Waals surface area (Å²) in [6.45, 7) is 0. The fraction of sp³-hybridized carbons (Fsp3) is 0.0588. The smallest absolute Gasteiger partial charge is 0.258 e. The molecule has 4 aromatic heterocycles. The van der Waals surface area contributed by atoms with Crippen molar-refractivity contribution in [1.82, 2.24) is 24.6 Å². The van der Waals surface area contributed by atoms with Crippen LogP contribution in [-0.2, 0) is 5.75 Å². The van der Waals surface area contributed by atoms with Gasteiger partial charge in [-0.1, -0.05) is 29.4 Å². The third-order valence-corrected chi connectivity index (χ3v) is 5.40. The highest BCUT2D eigenvalue weighted by Crippen LogP contribution is 2.19. The van der Waals surface area contributed by atoms with E-state index < -0.39 is 0 Å². The summed E-state index contributed by atoms with van der Waals surface area (Å²) < 4.78 is 1.43. The normalized spacial score (nSPS) is 11.6. The maximum absolute atomic E-state index is 12.2. The van der Waals surface area contributed by atoms with E-state index in [2.05, 4.69) is 20.2 Å². The summed E-state index contributed by atoms with van der Waals surface area (Å²) in [4.78, 5) is 22.2. The zero-order valence-electron chi connectivity index (χ0n) is 13.3. The van der Waals surface area contributed by atoms with Gasteiger partial charge in [0.2, 0.25) is 5.16 Å². The van der Waals surface area contributed by atoms with Gasteiger partial charge in [-0.25, -0.2) is 9.97 Å². The molecule has 0 fully saturated rings. The zero-order valence-corrected chi connectivity index (χ0v) is 15.7. The SMILES string of the molecule is O=c1cc(CSc2n[nH]c(/C=C/c3cccs3)n2)nc2ccc(Cl)cn12. The summed E-state index contributed by atoms with van der Waals surface area (Å²) in [7, 11) is 0. The number of nitrogens with one attached hydrogen (secondary N) is 1. The van der Waals surface area contributed by atoms with Crippen LogP contribution < -0.4 is 5.56 Å². The van der Waals surface area contributed by atoms with Gasteiger partial charge in [0.15, 0.2) is 0 Å². The molecule has 4 rings (SSSR count). The van der Waals surface area contributed by atoms with E-state index in [0.29, 0.717) is 33.1 Å². The van der Waals surface area contributed by atoms with Crippen LogP contribution >= 0.6 is 34.7 Å². The summed E-state index contributed by atoms with van der Waals surface area (Å²) >= 11 is 8.99. The van der Waals surface area contributed by atoms with Crippen LogP contribution in [0.5, 0.6) is 0 Å². The monoisotopic (exact) mass is 401 g/mol. The first-order chi connectivity index (χ1) is 12.7. The minimum Gasteiger partial charge on any atom is -0.269 e. The van der Waals surface area contributed by atoms with Gasteiger partial charge in [-0.2, -0.15) is 0 Å². The lowest BCUT2D eigenvalue weighted by Crippen LogP contribution is -2.15. The Kier molecular flexibility index (Phi) is 4.87. The van der Waals surface area contributed by atoms with Crippen LogP contribution in [0.25, 0.3) is 17.8 Å². The summed E-state index contributed by atoms with van der Waals surface area (Å²) in [5.41, 5.74) is 1.07. The summed E-state index contributed by atoms with van der Waals surface area (Å²) in [6, 6.07) is 8.96. The Bertz CT molecular complexity index is 1130. The van der Waals surface area contributed by atoms with Crippen LogP contribution in [0.1, 0.15) is 16.4 Å². The van der Waals surface area contributed by atoms with E-state index in [4.69, 9.17) is 11.6 Å². The fourth-order valence-corrected chi connectivity index (χ4v) is 3.76. The highest BCUT2D eigenvalue weighted by molar-refractivity contribution is 7.98. The molecule has 6 nitrogen and oxygen atoms in total. The molecule has 0 spiro atoms. The van der Waals surface area contributed by atoms with Crippen molar-refractivity contribution in [3.8, 4) is 0 Å². The van der Waals surface area contributed by atoms with E-state index in [9.17, 15) is 4.79 Å². The molecule has 0 unspecified atom stereocenters. The van der Waals surface area contributed by atoms with Gasteiger partial charge in [0, 0.05) is 22.9 Å². The molecule has 0 saturated carbocycles. The first kappa shape index (κ1) is 17.0. The maximum Gasteiger partial charge on any atom is 0.258 e. The molecule has 0 amide bonds. The number of aromatic amines is 1. The lowest BCUT2D eigenvalue weighted by Gasteiger charge is -2.03. The van der Waals surface area contributed by atoms with Crippen LogP contribution in [0.15, 0.2) is 51.9 Å². The standard InChI is InChI=1S/C17H12ClN5OS2/c18-11-3-6-15-19-12(8-16(24)23(15)9-11)10-26-17-20-14(21-22-17)5-4-13-2-1-7-25-13/h1-9H,10H2,(H,20,21,22)/b5-4+. The van der Waals surface area contributed by atoms with Gasteiger partial charge in [-0.3, -0.25) is 14.3 Å². The predicted octanol–water partition coefficient (Wildman–Crippen LogP) is 3.99. The Morgan fingerprint density at radius 2 is 2.19 bits per heavy atom. The first-order valence-corrected chi connectivity index (χ1v) is 9.86. The van der Waals surface area contributed by atoms with Gasteiger partial charge in [-0.15, -0.1) is 16.4 Å². The van der Waals surface area contributed by atoms with Gasteiger partial charge in [-0.05, 0) is 35.7 Å². The average molecular weight is 402 g/mol. The third-order valence-electron chi connectivity index (χ3n) is 3.46. The third kappa shape index (κ3) is 3.87. The van der Waals surface area contributed by atoms with Crippen molar-refractivity contribution in [2.75, 3.05) is 0 Å². The number of rotatable bonds is 5. The van der Waals surface area contributed by atoms with Crippen molar-refractivity contribution < 1.29 is 0 Å².